The standard InChI is InChI=1S/C11H11BrOS2/c1-13-8-5-11(15-7-8)10(12)6-9-3-2-4-14-9/h2-5,7,10H,6H2,1H3. The maximum Gasteiger partial charge on any atom is 0.129 e. The summed E-state index contributed by atoms with van der Waals surface area (Å²) in [4.78, 5) is 3.12. The van der Waals surface area contributed by atoms with Crippen LogP contribution in [0.2, 0.25) is 0 Å². The Labute approximate surface area is 106 Å². The van der Waals surface area contributed by atoms with Gasteiger partial charge in [-0.15, -0.1) is 22.7 Å². The Morgan fingerprint density at radius 3 is 2.93 bits per heavy atom. The van der Waals surface area contributed by atoms with Gasteiger partial charge in [0.05, 0.1) is 11.9 Å². The molecule has 4 heteroatoms. The lowest BCUT2D eigenvalue weighted by molar-refractivity contribution is 0.416. The summed E-state index contributed by atoms with van der Waals surface area (Å²) in [5, 5.41) is 4.15. The summed E-state index contributed by atoms with van der Waals surface area (Å²) in [6, 6.07) is 6.36. The first-order valence-electron chi connectivity index (χ1n) is 4.58. The van der Waals surface area contributed by atoms with E-state index in [1.54, 1.807) is 29.8 Å². The summed E-state index contributed by atoms with van der Waals surface area (Å²) in [7, 11) is 1.70. The Kier molecular flexibility index (Phi) is 3.83. The van der Waals surface area contributed by atoms with Crippen LogP contribution in [0.25, 0.3) is 0 Å². The highest BCUT2D eigenvalue weighted by molar-refractivity contribution is 9.09. The third-order valence-corrected chi connectivity index (χ3v) is 5.14. The number of methoxy groups -OCH3 is 1. The van der Waals surface area contributed by atoms with Crippen molar-refractivity contribution in [3.63, 3.8) is 0 Å². The summed E-state index contributed by atoms with van der Waals surface area (Å²) < 4.78 is 5.17. The molecule has 1 atom stereocenters. The van der Waals surface area contributed by atoms with Gasteiger partial charge in [0.25, 0.3) is 0 Å². The fourth-order valence-corrected chi connectivity index (χ4v) is 3.91. The van der Waals surface area contributed by atoms with E-state index in [4.69, 9.17) is 4.74 Å². The highest BCUT2D eigenvalue weighted by Gasteiger charge is 2.11. The molecule has 0 spiro atoms. The molecule has 1 unspecified atom stereocenters. The summed E-state index contributed by atoms with van der Waals surface area (Å²) in [6.07, 6.45) is 1.04. The molecular formula is C11H11BrOS2. The van der Waals surface area contributed by atoms with Crippen LogP contribution >= 0.6 is 38.6 Å². The lowest BCUT2D eigenvalue weighted by Crippen LogP contribution is -1.89. The third kappa shape index (κ3) is 2.83. The number of alkyl halides is 1. The van der Waals surface area contributed by atoms with E-state index in [0.717, 1.165) is 12.2 Å². The first-order valence-corrected chi connectivity index (χ1v) is 7.26. The second kappa shape index (κ2) is 5.14. The van der Waals surface area contributed by atoms with Crippen LogP contribution in [0, 0.1) is 0 Å². The number of halogens is 1. The number of thiophene rings is 2. The fourth-order valence-electron chi connectivity index (χ4n) is 1.31. The van der Waals surface area contributed by atoms with E-state index in [0.29, 0.717) is 4.83 Å². The van der Waals surface area contributed by atoms with Crippen LogP contribution < -0.4 is 4.74 Å². The minimum absolute atomic E-state index is 0.394. The van der Waals surface area contributed by atoms with Gasteiger partial charge in [0.1, 0.15) is 5.75 Å². The first-order chi connectivity index (χ1) is 7.29. The van der Waals surface area contributed by atoms with E-state index < -0.39 is 0 Å². The first kappa shape index (κ1) is 11.2. The molecule has 80 valence electrons. The smallest absolute Gasteiger partial charge is 0.129 e. The van der Waals surface area contributed by atoms with Crippen molar-refractivity contribution < 1.29 is 4.74 Å². The van der Waals surface area contributed by atoms with Crippen LogP contribution in [0.1, 0.15) is 14.6 Å². The van der Waals surface area contributed by atoms with Crippen molar-refractivity contribution in [2.24, 2.45) is 0 Å². The van der Waals surface area contributed by atoms with Gasteiger partial charge in [0.2, 0.25) is 0 Å². The molecule has 0 N–H and O–H groups in total. The zero-order valence-electron chi connectivity index (χ0n) is 8.27. The van der Waals surface area contributed by atoms with E-state index in [1.165, 1.54) is 9.75 Å². The van der Waals surface area contributed by atoms with Gasteiger partial charge < -0.3 is 4.74 Å². The van der Waals surface area contributed by atoms with Crippen molar-refractivity contribution in [3.8, 4) is 5.75 Å². The Morgan fingerprint density at radius 1 is 1.47 bits per heavy atom. The molecule has 2 heterocycles. The molecule has 2 rings (SSSR count). The zero-order chi connectivity index (χ0) is 10.7. The van der Waals surface area contributed by atoms with Gasteiger partial charge in [0.15, 0.2) is 0 Å². The van der Waals surface area contributed by atoms with Crippen molar-refractivity contribution in [2.75, 3.05) is 7.11 Å². The van der Waals surface area contributed by atoms with Crippen molar-refractivity contribution in [3.05, 3.63) is 38.7 Å². The van der Waals surface area contributed by atoms with Gasteiger partial charge in [-0.1, -0.05) is 22.0 Å². The molecule has 1 nitrogen and oxygen atoms in total. The second-order valence-electron chi connectivity index (χ2n) is 3.14. The Hall–Kier alpha value is -0.320. The Bertz CT molecular complexity index is 408. The van der Waals surface area contributed by atoms with Crippen LogP contribution in [0.15, 0.2) is 29.0 Å². The molecular weight excluding hydrogens is 292 g/mol. The van der Waals surface area contributed by atoms with Crippen LogP contribution in [-0.4, -0.2) is 7.11 Å². The molecule has 0 saturated heterocycles. The molecule has 0 saturated carbocycles. The number of hydrogen-bond acceptors (Lipinski definition) is 3. The van der Waals surface area contributed by atoms with Gasteiger partial charge in [0, 0.05) is 15.1 Å². The lowest BCUT2D eigenvalue weighted by Gasteiger charge is -2.04. The largest absolute Gasteiger partial charge is 0.496 e. The van der Waals surface area contributed by atoms with E-state index in [2.05, 4.69) is 39.5 Å². The van der Waals surface area contributed by atoms with E-state index in [-0.39, 0.29) is 0 Å². The van der Waals surface area contributed by atoms with Crippen LogP contribution in [0.5, 0.6) is 5.75 Å². The molecule has 2 aromatic rings. The van der Waals surface area contributed by atoms with Gasteiger partial charge in [-0.2, -0.15) is 0 Å². The molecule has 0 fully saturated rings. The van der Waals surface area contributed by atoms with Crippen molar-refractivity contribution in [1.29, 1.82) is 0 Å². The highest BCUT2D eigenvalue weighted by atomic mass is 79.9. The topological polar surface area (TPSA) is 9.23 Å². The summed E-state index contributed by atoms with van der Waals surface area (Å²) in [5.41, 5.74) is 0. The summed E-state index contributed by atoms with van der Waals surface area (Å²) in [5.74, 6) is 0.950. The number of ether oxygens (including phenoxy) is 1. The van der Waals surface area contributed by atoms with Gasteiger partial charge in [-0.25, -0.2) is 0 Å². The second-order valence-corrected chi connectivity index (χ2v) is 6.22. The molecule has 0 radical (unpaired) electrons. The maximum atomic E-state index is 5.17. The van der Waals surface area contributed by atoms with Crippen LogP contribution in [0.4, 0.5) is 0 Å². The predicted octanol–water partition coefficient (Wildman–Crippen LogP) is 4.50. The average molecular weight is 303 g/mol. The van der Waals surface area contributed by atoms with Crippen LogP contribution in [-0.2, 0) is 6.42 Å². The van der Waals surface area contributed by atoms with E-state index >= 15 is 0 Å². The Balaban J connectivity index is 2.04. The highest BCUT2D eigenvalue weighted by Crippen LogP contribution is 2.35. The molecule has 0 aliphatic heterocycles. The zero-order valence-corrected chi connectivity index (χ0v) is 11.5. The monoisotopic (exact) mass is 302 g/mol. The predicted molar refractivity (Wildman–Crippen MR) is 70.6 cm³/mol. The van der Waals surface area contributed by atoms with E-state index in [1.807, 2.05) is 5.38 Å². The lowest BCUT2D eigenvalue weighted by atomic mass is 10.2. The normalized spacial score (nSPS) is 12.7. The SMILES string of the molecule is COc1csc(C(Br)Cc2cccs2)c1. The van der Waals surface area contributed by atoms with Crippen molar-refractivity contribution in [2.45, 2.75) is 11.2 Å². The molecule has 0 bridgehead atoms. The van der Waals surface area contributed by atoms with Crippen LogP contribution in [0.3, 0.4) is 0 Å². The third-order valence-electron chi connectivity index (χ3n) is 2.10. The number of hydrogen-bond donors (Lipinski definition) is 0. The summed E-state index contributed by atoms with van der Waals surface area (Å²) in [6.45, 7) is 0. The molecule has 0 aliphatic carbocycles. The fraction of sp³-hybridized carbons (Fsp3) is 0.273. The van der Waals surface area contributed by atoms with Gasteiger partial charge in [-0.3, -0.25) is 0 Å². The molecule has 15 heavy (non-hydrogen) atoms. The quantitative estimate of drug-likeness (QED) is 0.756. The molecule has 0 aromatic carbocycles. The van der Waals surface area contributed by atoms with Gasteiger partial charge in [-0.05, 0) is 23.9 Å². The number of rotatable bonds is 4. The van der Waals surface area contributed by atoms with E-state index in [9.17, 15) is 0 Å². The minimum Gasteiger partial charge on any atom is -0.496 e. The molecule has 0 aliphatic rings. The molecule has 2 aromatic heterocycles. The maximum absolute atomic E-state index is 5.17. The van der Waals surface area contributed by atoms with Gasteiger partial charge >= 0.3 is 0 Å². The van der Waals surface area contributed by atoms with Crippen molar-refractivity contribution in [1.82, 2.24) is 0 Å². The van der Waals surface area contributed by atoms with Crippen molar-refractivity contribution >= 4 is 38.6 Å². The average Bonchev–Trinajstić information content (AvgIpc) is 2.86. The Morgan fingerprint density at radius 2 is 2.33 bits per heavy atom. The minimum atomic E-state index is 0.394. The molecule has 0 amide bonds. The summed E-state index contributed by atoms with van der Waals surface area (Å²) >= 11 is 7.25.